The Balaban J connectivity index is 2.11. The van der Waals surface area contributed by atoms with Crippen molar-refractivity contribution < 1.29 is 14.7 Å². The number of hydrogen-bond donors (Lipinski definition) is 1. The summed E-state index contributed by atoms with van der Waals surface area (Å²) in [6, 6.07) is 16.3. The number of urea groups is 1. The van der Waals surface area contributed by atoms with Gasteiger partial charge in [0.15, 0.2) is 6.29 Å². The lowest BCUT2D eigenvalue weighted by atomic mass is 10.1. The highest BCUT2D eigenvalue weighted by Gasteiger charge is 2.43. The molecule has 2 amide bonds. The maximum atomic E-state index is 13.5. The molecule has 0 saturated carbocycles. The summed E-state index contributed by atoms with van der Waals surface area (Å²) in [7, 11) is 1.57. The Labute approximate surface area is 193 Å². The van der Waals surface area contributed by atoms with E-state index in [0.717, 1.165) is 25.2 Å². The van der Waals surface area contributed by atoms with Gasteiger partial charge < -0.3 is 5.11 Å². The van der Waals surface area contributed by atoms with Gasteiger partial charge in [0.05, 0.1) is 9.21 Å². The van der Waals surface area contributed by atoms with Gasteiger partial charge in [0, 0.05) is 27.4 Å². The first kappa shape index (κ1) is 22.0. The van der Waals surface area contributed by atoms with Crippen LogP contribution in [0.5, 0.6) is 0 Å². The average Bonchev–Trinajstić information content (AvgIpc) is 3.16. The van der Waals surface area contributed by atoms with E-state index in [-0.39, 0.29) is 4.88 Å². The molecule has 1 heterocycles. The van der Waals surface area contributed by atoms with Crippen molar-refractivity contribution in [1.29, 1.82) is 0 Å². The zero-order valence-electron chi connectivity index (χ0n) is 15.1. The van der Waals surface area contributed by atoms with Crippen LogP contribution in [0, 0.1) is 0 Å². The van der Waals surface area contributed by atoms with Crippen LogP contribution in [0.25, 0.3) is 0 Å². The first-order chi connectivity index (χ1) is 13.8. The molecule has 0 bridgehead atoms. The second-order valence-corrected chi connectivity index (χ2v) is 9.62. The molecule has 1 atom stereocenters. The number of carbonyl (C=O) groups is 2. The summed E-state index contributed by atoms with van der Waals surface area (Å²) in [5.41, 5.74) is -1.29. The standard InChI is InChI=1S/C20H15Br2ClN2O3S/c1-24(15-6-2-13(21)3-7-15)19(27)25(16-8-4-14(22)5-9-16)20(28,12-26)17-10-11-18(23)29-17/h2-12,28H,1H3. The minimum atomic E-state index is -2.23. The van der Waals surface area contributed by atoms with Gasteiger partial charge >= 0.3 is 6.03 Å². The highest BCUT2D eigenvalue weighted by molar-refractivity contribution is 9.10. The molecule has 3 rings (SSSR count). The molecule has 2 aromatic carbocycles. The largest absolute Gasteiger partial charge is 0.360 e. The van der Waals surface area contributed by atoms with Crippen LogP contribution in [0.2, 0.25) is 4.34 Å². The number of rotatable bonds is 5. The molecule has 1 unspecified atom stereocenters. The van der Waals surface area contributed by atoms with E-state index in [1.54, 1.807) is 61.6 Å². The van der Waals surface area contributed by atoms with Crippen LogP contribution in [-0.2, 0) is 10.5 Å². The van der Waals surface area contributed by atoms with Crippen LogP contribution >= 0.6 is 54.8 Å². The molecule has 0 spiro atoms. The Hall–Kier alpha value is -1.71. The van der Waals surface area contributed by atoms with Gasteiger partial charge in [0.1, 0.15) is 0 Å². The third-order valence-electron chi connectivity index (χ3n) is 4.22. The minimum absolute atomic E-state index is 0.234. The van der Waals surface area contributed by atoms with E-state index in [2.05, 4.69) is 31.9 Å². The number of hydrogen-bond acceptors (Lipinski definition) is 4. The van der Waals surface area contributed by atoms with Crippen LogP contribution in [0.4, 0.5) is 16.2 Å². The van der Waals surface area contributed by atoms with Crippen molar-refractivity contribution in [2.75, 3.05) is 16.8 Å². The third-order valence-corrected chi connectivity index (χ3v) is 6.62. The fourth-order valence-corrected chi connectivity index (χ4v) is 4.31. The molecule has 0 radical (unpaired) electrons. The van der Waals surface area contributed by atoms with E-state index in [9.17, 15) is 14.7 Å². The van der Waals surface area contributed by atoms with E-state index in [1.807, 2.05) is 0 Å². The monoisotopic (exact) mass is 556 g/mol. The Morgan fingerprint density at radius 3 is 1.97 bits per heavy atom. The molecule has 0 fully saturated rings. The van der Waals surface area contributed by atoms with E-state index in [0.29, 0.717) is 22.0 Å². The molecule has 0 aliphatic heterocycles. The van der Waals surface area contributed by atoms with Gasteiger partial charge in [-0.05, 0) is 60.7 Å². The first-order valence-electron chi connectivity index (χ1n) is 8.30. The quantitative estimate of drug-likeness (QED) is 0.307. The predicted octanol–water partition coefficient (Wildman–Crippen LogP) is 6.03. The van der Waals surface area contributed by atoms with Gasteiger partial charge in [-0.1, -0.05) is 43.5 Å². The van der Waals surface area contributed by atoms with E-state index in [4.69, 9.17) is 11.6 Å². The number of thiophene rings is 1. The fraction of sp³-hybridized carbons (Fsp3) is 0.100. The van der Waals surface area contributed by atoms with Crippen LogP contribution in [0.1, 0.15) is 4.88 Å². The van der Waals surface area contributed by atoms with Gasteiger partial charge in [-0.2, -0.15) is 0 Å². The molecule has 0 saturated heterocycles. The highest BCUT2D eigenvalue weighted by Crippen LogP contribution is 2.37. The lowest BCUT2D eigenvalue weighted by Gasteiger charge is -2.37. The van der Waals surface area contributed by atoms with Crippen molar-refractivity contribution in [3.63, 3.8) is 0 Å². The maximum Gasteiger partial charge on any atom is 0.331 e. The molecular weight excluding hydrogens is 544 g/mol. The maximum absolute atomic E-state index is 13.5. The van der Waals surface area contributed by atoms with Crippen molar-refractivity contribution in [2.24, 2.45) is 0 Å². The first-order valence-corrected chi connectivity index (χ1v) is 11.1. The zero-order chi connectivity index (χ0) is 21.2. The molecule has 3 aromatic rings. The molecule has 9 heteroatoms. The van der Waals surface area contributed by atoms with Crippen LogP contribution in [0.3, 0.4) is 0 Å². The SMILES string of the molecule is CN(C(=O)N(c1ccc(Br)cc1)C(O)(C=O)c1ccc(Cl)s1)c1ccc(Br)cc1. The summed E-state index contributed by atoms with van der Waals surface area (Å²) >= 11 is 13.8. The summed E-state index contributed by atoms with van der Waals surface area (Å²) in [4.78, 5) is 28.2. The lowest BCUT2D eigenvalue weighted by Crippen LogP contribution is -2.55. The van der Waals surface area contributed by atoms with Crippen molar-refractivity contribution in [3.05, 3.63) is 78.8 Å². The number of anilines is 2. The molecule has 1 N–H and O–H groups in total. The van der Waals surface area contributed by atoms with Crippen LogP contribution in [-0.4, -0.2) is 24.5 Å². The second kappa shape index (κ2) is 8.97. The Kier molecular flexibility index (Phi) is 6.80. The molecule has 1 aromatic heterocycles. The average molecular weight is 559 g/mol. The van der Waals surface area contributed by atoms with Gasteiger partial charge in [-0.25, -0.2) is 4.79 Å². The second-order valence-electron chi connectivity index (χ2n) is 6.08. The third kappa shape index (κ3) is 4.57. The summed E-state index contributed by atoms with van der Waals surface area (Å²) in [6.45, 7) is 0. The van der Waals surface area contributed by atoms with Gasteiger partial charge in [0.2, 0.25) is 5.72 Å². The van der Waals surface area contributed by atoms with Crippen molar-refractivity contribution in [2.45, 2.75) is 5.72 Å². The topological polar surface area (TPSA) is 60.9 Å². The zero-order valence-corrected chi connectivity index (χ0v) is 19.8. The van der Waals surface area contributed by atoms with Crippen molar-refractivity contribution >= 4 is 78.5 Å². The minimum Gasteiger partial charge on any atom is -0.360 e. The van der Waals surface area contributed by atoms with Crippen LogP contribution < -0.4 is 9.80 Å². The van der Waals surface area contributed by atoms with Crippen LogP contribution in [0.15, 0.2) is 69.6 Å². The van der Waals surface area contributed by atoms with Gasteiger partial charge in [-0.3, -0.25) is 14.6 Å². The predicted molar refractivity (Wildman–Crippen MR) is 124 cm³/mol. The number of amides is 2. The van der Waals surface area contributed by atoms with Crippen molar-refractivity contribution in [1.82, 2.24) is 0 Å². The van der Waals surface area contributed by atoms with Gasteiger partial charge in [0.25, 0.3) is 0 Å². The molecule has 5 nitrogen and oxygen atoms in total. The van der Waals surface area contributed by atoms with E-state index >= 15 is 0 Å². The number of aldehydes is 1. The summed E-state index contributed by atoms with van der Waals surface area (Å²) in [6.07, 6.45) is 0.338. The fourth-order valence-electron chi connectivity index (χ4n) is 2.70. The summed E-state index contributed by atoms with van der Waals surface area (Å²) < 4.78 is 2.05. The molecule has 0 aliphatic rings. The Morgan fingerprint density at radius 2 is 1.52 bits per heavy atom. The number of benzene rings is 2. The summed E-state index contributed by atoms with van der Waals surface area (Å²) in [5, 5.41) is 11.3. The molecule has 150 valence electrons. The number of halogens is 3. The number of carbonyl (C=O) groups excluding carboxylic acids is 2. The molecule has 0 aliphatic carbocycles. The van der Waals surface area contributed by atoms with Crippen molar-refractivity contribution in [3.8, 4) is 0 Å². The summed E-state index contributed by atoms with van der Waals surface area (Å²) in [5.74, 6) is 0. The smallest absolute Gasteiger partial charge is 0.331 e. The highest BCUT2D eigenvalue weighted by atomic mass is 79.9. The van der Waals surface area contributed by atoms with Gasteiger partial charge in [-0.15, -0.1) is 11.3 Å². The lowest BCUT2D eigenvalue weighted by molar-refractivity contribution is -0.123. The number of nitrogens with zero attached hydrogens (tertiary/aromatic N) is 2. The molecular formula is C20H15Br2ClN2O3S. The van der Waals surface area contributed by atoms with E-state index < -0.39 is 11.8 Å². The number of aliphatic hydroxyl groups is 1. The van der Waals surface area contributed by atoms with E-state index in [1.165, 1.54) is 11.0 Å². The molecule has 29 heavy (non-hydrogen) atoms. The normalized spacial score (nSPS) is 12.9. The Bertz CT molecular complexity index is 1030. The Morgan fingerprint density at radius 1 is 1.00 bits per heavy atom.